The number of aromatic nitrogens is 1. The van der Waals surface area contributed by atoms with E-state index in [0.717, 1.165) is 18.3 Å². The number of rotatable bonds is 6. The molecular weight excluding hydrogens is 188 g/mol. The van der Waals surface area contributed by atoms with Crippen LogP contribution in [0.2, 0.25) is 0 Å². The first kappa shape index (κ1) is 10.4. The van der Waals surface area contributed by atoms with Crippen molar-refractivity contribution in [2.45, 2.75) is 25.9 Å². The van der Waals surface area contributed by atoms with E-state index in [4.69, 9.17) is 4.74 Å². The molecule has 0 atom stereocenters. The van der Waals surface area contributed by atoms with Crippen molar-refractivity contribution in [3.8, 4) is 0 Å². The average Bonchev–Trinajstić information content (AvgIpc) is 3.09. The van der Waals surface area contributed by atoms with Crippen molar-refractivity contribution in [3.05, 3.63) is 23.9 Å². The van der Waals surface area contributed by atoms with Gasteiger partial charge in [0.1, 0.15) is 5.82 Å². The summed E-state index contributed by atoms with van der Waals surface area (Å²) < 4.78 is 5.61. The van der Waals surface area contributed by atoms with Gasteiger partial charge in [-0.25, -0.2) is 4.98 Å². The third kappa shape index (κ3) is 3.51. The van der Waals surface area contributed by atoms with E-state index < -0.39 is 0 Å². The second kappa shape index (κ2) is 5.12. The molecule has 0 bridgehead atoms. The van der Waals surface area contributed by atoms with E-state index in [2.05, 4.69) is 10.3 Å². The lowest BCUT2D eigenvalue weighted by Crippen LogP contribution is -1.98. The first-order valence-corrected chi connectivity index (χ1v) is 5.59. The summed E-state index contributed by atoms with van der Waals surface area (Å²) in [6.07, 6.45) is 5.85. The predicted octanol–water partition coefficient (Wildman–Crippen LogP) is 2.44. The van der Waals surface area contributed by atoms with Crippen LogP contribution in [0.5, 0.6) is 0 Å². The fourth-order valence-electron chi connectivity index (χ4n) is 1.55. The van der Waals surface area contributed by atoms with Crippen molar-refractivity contribution in [2.24, 2.45) is 5.92 Å². The minimum absolute atomic E-state index is 0.698. The zero-order valence-electron chi connectivity index (χ0n) is 9.20. The third-order valence-corrected chi connectivity index (χ3v) is 2.72. The molecule has 3 nitrogen and oxygen atoms in total. The fraction of sp³-hybridized carbons (Fsp3) is 0.583. The molecule has 0 spiro atoms. The van der Waals surface area contributed by atoms with Gasteiger partial charge in [0, 0.05) is 19.9 Å². The van der Waals surface area contributed by atoms with Gasteiger partial charge in [0.15, 0.2) is 0 Å². The molecule has 1 N–H and O–H groups in total. The van der Waals surface area contributed by atoms with E-state index in [9.17, 15) is 0 Å². The molecule has 1 aliphatic carbocycles. The van der Waals surface area contributed by atoms with Crippen LogP contribution in [0.3, 0.4) is 0 Å². The van der Waals surface area contributed by atoms with Gasteiger partial charge in [-0.05, 0) is 30.0 Å². The SMILES string of the molecule is CNc1cc(COCCC2CC2)ccn1. The van der Waals surface area contributed by atoms with Crippen molar-refractivity contribution < 1.29 is 4.74 Å². The highest BCUT2D eigenvalue weighted by atomic mass is 16.5. The molecule has 1 fully saturated rings. The van der Waals surface area contributed by atoms with Crippen LogP contribution in [0.1, 0.15) is 24.8 Å². The number of hydrogen-bond donors (Lipinski definition) is 1. The zero-order chi connectivity index (χ0) is 10.5. The number of nitrogens with zero attached hydrogens (tertiary/aromatic N) is 1. The molecule has 0 amide bonds. The maximum Gasteiger partial charge on any atom is 0.125 e. The van der Waals surface area contributed by atoms with E-state index in [1.807, 2.05) is 25.4 Å². The molecule has 82 valence electrons. The Balaban J connectivity index is 1.71. The Morgan fingerprint density at radius 2 is 2.40 bits per heavy atom. The Hall–Kier alpha value is -1.09. The van der Waals surface area contributed by atoms with Crippen molar-refractivity contribution in [2.75, 3.05) is 19.0 Å². The highest BCUT2D eigenvalue weighted by Crippen LogP contribution is 2.32. The molecule has 2 rings (SSSR count). The molecule has 15 heavy (non-hydrogen) atoms. The summed E-state index contributed by atoms with van der Waals surface area (Å²) in [5.41, 5.74) is 1.19. The molecule has 0 unspecified atom stereocenters. The molecule has 1 aliphatic rings. The molecule has 1 saturated carbocycles. The van der Waals surface area contributed by atoms with Crippen molar-refractivity contribution in [1.82, 2.24) is 4.98 Å². The average molecular weight is 206 g/mol. The Labute approximate surface area is 90.9 Å². The fourth-order valence-corrected chi connectivity index (χ4v) is 1.55. The quantitative estimate of drug-likeness (QED) is 0.726. The first-order chi connectivity index (χ1) is 7.38. The molecule has 0 aromatic carbocycles. The Morgan fingerprint density at radius 1 is 1.53 bits per heavy atom. The third-order valence-electron chi connectivity index (χ3n) is 2.72. The van der Waals surface area contributed by atoms with Crippen LogP contribution in [0, 0.1) is 5.92 Å². The summed E-state index contributed by atoms with van der Waals surface area (Å²) in [4.78, 5) is 4.16. The largest absolute Gasteiger partial charge is 0.377 e. The van der Waals surface area contributed by atoms with E-state index in [0.29, 0.717) is 6.61 Å². The van der Waals surface area contributed by atoms with Gasteiger partial charge in [0.25, 0.3) is 0 Å². The summed E-state index contributed by atoms with van der Waals surface area (Å²) in [5.74, 6) is 1.86. The lowest BCUT2D eigenvalue weighted by molar-refractivity contribution is 0.115. The zero-order valence-corrected chi connectivity index (χ0v) is 9.20. The van der Waals surface area contributed by atoms with Crippen molar-refractivity contribution in [1.29, 1.82) is 0 Å². The second-order valence-corrected chi connectivity index (χ2v) is 4.08. The van der Waals surface area contributed by atoms with E-state index in [-0.39, 0.29) is 0 Å². The molecule has 3 heteroatoms. The van der Waals surface area contributed by atoms with Crippen LogP contribution >= 0.6 is 0 Å². The van der Waals surface area contributed by atoms with Gasteiger partial charge in [0.2, 0.25) is 0 Å². The van der Waals surface area contributed by atoms with E-state index >= 15 is 0 Å². The van der Waals surface area contributed by atoms with Crippen LogP contribution in [0.15, 0.2) is 18.3 Å². The summed E-state index contributed by atoms with van der Waals surface area (Å²) in [7, 11) is 1.88. The maximum atomic E-state index is 5.61. The Kier molecular flexibility index (Phi) is 3.56. The lowest BCUT2D eigenvalue weighted by atomic mass is 10.3. The van der Waals surface area contributed by atoms with Crippen molar-refractivity contribution >= 4 is 5.82 Å². The standard InChI is InChI=1S/C12H18N2O/c1-13-12-8-11(4-6-14-12)9-15-7-5-10-2-3-10/h4,6,8,10H,2-3,5,7,9H2,1H3,(H,13,14). The van der Waals surface area contributed by atoms with E-state index in [1.165, 1.54) is 24.8 Å². The molecule has 1 heterocycles. The minimum atomic E-state index is 0.698. The van der Waals surface area contributed by atoms with Gasteiger partial charge in [-0.3, -0.25) is 0 Å². The van der Waals surface area contributed by atoms with Crippen LogP contribution in [0.25, 0.3) is 0 Å². The minimum Gasteiger partial charge on any atom is -0.377 e. The molecular formula is C12H18N2O. The molecule has 0 aliphatic heterocycles. The highest BCUT2D eigenvalue weighted by molar-refractivity contribution is 5.36. The molecule has 1 aromatic rings. The smallest absolute Gasteiger partial charge is 0.125 e. The van der Waals surface area contributed by atoms with Crippen LogP contribution in [-0.4, -0.2) is 18.6 Å². The van der Waals surface area contributed by atoms with Gasteiger partial charge in [-0.2, -0.15) is 0 Å². The lowest BCUT2D eigenvalue weighted by Gasteiger charge is -2.05. The second-order valence-electron chi connectivity index (χ2n) is 4.08. The summed E-state index contributed by atoms with van der Waals surface area (Å²) >= 11 is 0. The monoisotopic (exact) mass is 206 g/mol. The Morgan fingerprint density at radius 3 is 3.13 bits per heavy atom. The summed E-state index contributed by atoms with van der Waals surface area (Å²) in [6, 6.07) is 4.02. The molecule has 0 radical (unpaired) electrons. The van der Waals surface area contributed by atoms with Gasteiger partial charge < -0.3 is 10.1 Å². The number of pyridine rings is 1. The first-order valence-electron chi connectivity index (χ1n) is 5.59. The van der Waals surface area contributed by atoms with Gasteiger partial charge in [0.05, 0.1) is 6.61 Å². The predicted molar refractivity (Wildman–Crippen MR) is 60.8 cm³/mol. The van der Waals surface area contributed by atoms with Crippen LogP contribution < -0.4 is 5.32 Å². The van der Waals surface area contributed by atoms with Gasteiger partial charge >= 0.3 is 0 Å². The molecule has 0 saturated heterocycles. The highest BCUT2D eigenvalue weighted by Gasteiger charge is 2.20. The number of anilines is 1. The van der Waals surface area contributed by atoms with Crippen molar-refractivity contribution in [3.63, 3.8) is 0 Å². The van der Waals surface area contributed by atoms with E-state index in [1.54, 1.807) is 0 Å². The van der Waals surface area contributed by atoms with Gasteiger partial charge in [-0.1, -0.05) is 12.8 Å². The van der Waals surface area contributed by atoms with Gasteiger partial charge in [-0.15, -0.1) is 0 Å². The summed E-state index contributed by atoms with van der Waals surface area (Å²) in [6.45, 7) is 1.59. The number of hydrogen-bond acceptors (Lipinski definition) is 3. The number of nitrogens with one attached hydrogen (secondary N) is 1. The number of ether oxygens (including phenoxy) is 1. The summed E-state index contributed by atoms with van der Waals surface area (Å²) in [5, 5.41) is 3.02. The topological polar surface area (TPSA) is 34.1 Å². The molecule has 1 aromatic heterocycles. The van der Waals surface area contributed by atoms with Crippen LogP contribution in [0.4, 0.5) is 5.82 Å². The van der Waals surface area contributed by atoms with Crippen LogP contribution in [-0.2, 0) is 11.3 Å². The normalized spacial score (nSPS) is 15.3. The maximum absolute atomic E-state index is 5.61. The Bertz CT molecular complexity index is 310.